The standard InChI is InChI=1S/C18H25N3O3.HI/c1-18(2,3)24-16(22)11-20-17(19-4)21(5)12-14-10-13-8-6-7-9-15(13)23-14;/h6-10H,11-12H2,1-5H3,(H,19,20);1H. The number of carbonyl (C=O) groups excluding carboxylic acids is 1. The number of halogens is 1. The van der Waals surface area contributed by atoms with Gasteiger partial charge in [0.2, 0.25) is 0 Å². The van der Waals surface area contributed by atoms with Crippen molar-refractivity contribution in [1.82, 2.24) is 10.2 Å². The molecule has 0 atom stereocenters. The van der Waals surface area contributed by atoms with Crippen LogP contribution in [0.4, 0.5) is 0 Å². The molecule has 0 saturated carbocycles. The van der Waals surface area contributed by atoms with Gasteiger partial charge in [0.05, 0.1) is 6.54 Å². The Bertz CT molecular complexity index is 701. The van der Waals surface area contributed by atoms with Crippen molar-refractivity contribution in [3.63, 3.8) is 0 Å². The number of hydrogen-bond acceptors (Lipinski definition) is 4. The van der Waals surface area contributed by atoms with Gasteiger partial charge in [0.1, 0.15) is 23.5 Å². The molecule has 2 rings (SSSR count). The smallest absolute Gasteiger partial charge is 0.325 e. The molecule has 138 valence electrons. The lowest BCUT2D eigenvalue weighted by Gasteiger charge is -2.23. The van der Waals surface area contributed by atoms with Crippen LogP contribution in [-0.4, -0.2) is 43.1 Å². The average molecular weight is 459 g/mol. The Balaban J connectivity index is 0.00000312. The van der Waals surface area contributed by atoms with Crippen LogP contribution in [0.25, 0.3) is 11.0 Å². The van der Waals surface area contributed by atoms with Crippen LogP contribution in [0.15, 0.2) is 39.7 Å². The normalized spacial score (nSPS) is 11.8. The van der Waals surface area contributed by atoms with Crippen molar-refractivity contribution < 1.29 is 13.9 Å². The van der Waals surface area contributed by atoms with E-state index in [9.17, 15) is 4.79 Å². The summed E-state index contributed by atoms with van der Waals surface area (Å²) in [5.41, 5.74) is 0.361. The Morgan fingerprint density at radius 1 is 1.32 bits per heavy atom. The summed E-state index contributed by atoms with van der Waals surface area (Å²) in [7, 11) is 3.56. The van der Waals surface area contributed by atoms with Gasteiger partial charge in [-0.25, -0.2) is 0 Å². The van der Waals surface area contributed by atoms with Crippen LogP contribution in [0.1, 0.15) is 26.5 Å². The highest BCUT2D eigenvalue weighted by molar-refractivity contribution is 14.0. The Kier molecular flexibility index (Phi) is 7.72. The third kappa shape index (κ3) is 6.56. The predicted molar refractivity (Wildman–Crippen MR) is 110 cm³/mol. The van der Waals surface area contributed by atoms with Crippen LogP contribution >= 0.6 is 24.0 Å². The highest BCUT2D eigenvalue weighted by Crippen LogP contribution is 2.19. The highest BCUT2D eigenvalue weighted by Gasteiger charge is 2.17. The summed E-state index contributed by atoms with van der Waals surface area (Å²) >= 11 is 0. The van der Waals surface area contributed by atoms with E-state index in [0.29, 0.717) is 12.5 Å². The first-order chi connectivity index (χ1) is 11.3. The molecule has 6 nitrogen and oxygen atoms in total. The van der Waals surface area contributed by atoms with Crippen molar-refractivity contribution in [3.05, 3.63) is 36.1 Å². The Morgan fingerprint density at radius 2 is 2.00 bits per heavy atom. The third-order valence-electron chi connectivity index (χ3n) is 3.25. The fraction of sp³-hybridized carbons (Fsp3) is 0.444. The van der Waals surface area contributed by atoms with Crippen LogP contribution in [0, 0.1) is 0 Å². The number of hydrogen-bond donors (Lipinski definition) is 1. The molecular formula is C18H26IN3O3. The summed E-state index contributed by atoms with van der Waals surface area (Å²) in [4.78, 5) is 17.9. The van der Waals surface area contributed by atoms with Crippen molar-refractivity contribution in [2.24, 2.45) is 4.99 Å². The molecule has 1 aromatic carbocycles. The van der Waals surface area contributed by atoms with Crippen LogP contribution in [-0.2, 0) is 16.1 Å². The number of rotatable bonds is 4. The first kappa shape index (κ1) is 21.3. The van der Waals surface area contributed by atoms with Gasteiger partial charge in [-0.15, -0.1) is 24.0 Å². The fourth-order valence-corrected chi connectivity index (χ4v) is 2.34. The number of guanidine groups is 1. The Labute approximate surface area is 165 Å². The Hall–Kier alpha value is -1.77. The molecule has 1 N–H and O–H groups in total. The largest absolute Gasteiger partial charge is 0.459 e. The van der Waals surface area contributed by atoms with Gasteiger partial charge >= 0.3 is 5.97 Å². The van der Waals surface area contributed by atoms with E-state index in [0.717, 1.165) is 16.7 Å². The lowest BCUT2D eigenvalue weighted by Crippen LogP contribution is -2.42. The molecule has 0 aliphatic rings. The molecule has 0 spiro atoms. The van der Waals surface area contributed by atoms with Crippen LogP contribution < -0.4 is 5.32 Å². The number of para-hydroxylation sites is 1. The van der Waals surface area contributed by atoms with E-state index >= 15 is 0 Å². The SMILES string of the molecule is CN=C(NCC(=O)OC(C)(C)C)N(C)Cc1cc2ccccc2o1.I. The van der Waals surface area contributed by atoms with Gasteiger partial charge in [0, 0.05) is 19.5 Å². The lowest BCUT2D eigenvalue weighted by atomic mass is 10.2. The minimum Gasteiger partial charge on any atom is -0.459 e. The zero-order valence-corrected chi connectivity index (χ0v) is 17.7. The zero-order valence-electron chi connectivity index (χ0n) is 15.3. The van der Waals surface area contributed by atoms with Gasteiger partial charge in [-0.1, -0.05) is 18.2 Å². The highest BCUT2D eigenvalue weighted by atomic mass is 127. The zero-order chi connectivity index (χ0) is 17.7. The molecule has 1 aromatic heterocycles. The molecule has 25 heavy (non-hydrogen) atoms. The second-order valence-electron chi connectivity index (χ2n) is 6.59. The van der Waals surface area contributed by atoms with E-state index in [2.05, 4.69) is 10.3 Å². The van der Waals surface area contributed by atoms with Gasteiger partial charge in [-0.2, -0.15) is 0 Å². The number of fused-ring (bicyclic) bond motifs is 1. The monoisotopic (exact) mass is 459 g/mol. The van der Waals surface area contributed by atoms with E-state index in [1.165, 1.54) is 0 Å². The molecule has 0 fully saturated rings. The van der Waals surface area contributed by atoms with E-state index in [-0.39, 0.29) is 36.5 Å². The van der Waals surface area contributed by atoms with Crippen molar-refractivity contribution in [2.75, 3.05) is 20.6 Å². The number of ether oxygens (including phenoxy) is 1. The van der Waals surface area contributed by atoms with Gasteiger partial charge in [0.15, 0.2) is 5.96 Å². The summed E-state index contributed by atoms with van der Waals surface area (Å²) in [5.74, 6) is 1.11. The van der Waals surface area contributed by atoms with Crippen molar-refractivity contribution >= 4 is 46.9 Å². The summed E-state index contributed by atoms with van der Waals surface area (Å²) in [6, 6.07) is 9.88. The topological polar surface area (TPSA) is 67.1 Å². The van der Waals surface area contributed by atoms with Crippen molar-refractivity contribution in [1.29, 1.82) is 0 Å². The average Bonchev–Trinajstić information content (AvgIpc) is 2.88. The number of benzene rings is 1. The minimum absolute atomic E-state index is 0. The van der Waals surface area contributed by atoms with Crippen LogP contribution in [0.2, 0.25) is 0 Å². The summed E-state index contributed by atoms with van der Waals surface area (Å²) in [5, 5.41) is 4.07. The van der Waals surface area contributed by atoms with Crippen LogP contribution in [0.5, 0.6) is 0 Å². The Morgan fingerprint density at radius 3 is 2.60 bits per heavy atom. The second-order valence-corrected chi connectivity index (χ2v) is 6.59. The van der Waals surface area contributed by atoms with Gasteiger partial charge in [-0.3, -0.25) is 9.79 Å². The van der Waals surface area contributed by atoms with Crippen molar-refractivity contribution in [3.8, 4) is 0 Å². The molecule has 0 aliphatic carbocycles. The summed E-state index contributed by atoms with van der Waals surface area (Å²) in [6.45, 7) is 6.13. The molecule has 0 unspecified atom stereocenters. The van der Waals surface area contributed by atoms with Crippen molar-refractivity contribution in [2.45, 2.75) is 32.9 Å². The number of nitrogens with zero attached hydrogens (tertiary/aromatic N) is 2. The molecule has 0 bridgehead atoms. The molecule has 7 heteroatoms. The number of esters is 1. The van der Waals surface area contributed by atoms with E-state index in [4.69, 9.17) is 9.15 Å². The molecule has 0 aliphatic heterocycles. The van der Waals surface area contributed by atoms with Crippen LogP contribution in [0.3, 0.4) is 0 Å². The quantitative estimate of drug-likeness (QED) is 0.329. The van der Waals surface area contributed by atoms with E-state index in [1.807, 2.05) is 63.1 Å². The summed E-state index contributed by atoms with van der Waals surface area (Å²) in [6.07, 6.45) is 0. The van der Waals surface area contributed by atoms with Gasteiger partial charge < -0.3 is 19.4 Å². The summed E-state index contributed by atoms with van der Waals surface area (Å²) < 4.78 is 11.1. The second kappa shape index (κ2) is 9.07. The number of furan rings is 1. The maximum atomic E-state index is 11.8. The molecule has 0 saturated heterocycles. The lowest BCUT2D eigenvalue weighted by molar-refractivity contribution is -0.153. The maximum Gasteiger partial charge on any atom is 0.325 e. The number of carbonyl (C=O) groups is 1. The minimum atomic E-state index is -0.498. The van der Waals surface area contributed by atoms with E-state index < -0.39 is 5.60 Å². The van der Waals surface area contributed by atoms with Gasteiger partial charge in [-0.05, 0) is 32.9 Å². The number of nitrogens with one attached hydrogen (secondary N) is 1. The molecule has 2 aromatic rings. The fourth-order valence-electron chi connectivity index (χ4n) is 2.34. The number of aliphatic imine (C=N–C) groups is 1. The van der Waals surface area contributed by atoms with Gasteiger partial charge in [0.25, 0.3) is 0 Å². The molecule has 0 amide bonds. The first-order valence-corrected chi connectivity index (χ1v) is 7.89. The maximum absolute atomic E-state index is 11.8. The molecule has 0 radical (unpaired) electrons. The first-order valence-electron chi connectivity index (χ1n) is 7.89. The van der Waals surface area contributed by atoms with E-state index in [1.54, 1.807) is 7.05 Å². The third-order valence-corrected chi connectivity index (χ3v) is 3.25. The molecular weight excluding hydrogens is 433 g/mol. The molecule has 1 heterocycles. The predicted octanol–water partition coefficient (Wildman–Crippen LogP) is 3.40.